The maximum atomic E-state index is 3.79. The van der Waals surface area contributed by atoms with E-state index in [1.165, 1.54) is 77.0 Å². The van der Waals surface area contributed by atoms with Gasteiger partial charge in [0.2, 0.25) is 0 Å². The molecular weight excluding hydrogens is 218 g/mol. The SMILES string of the molecule is C=CCCCCCC(NC)C1CCCCCCC1. The Morgan fingerprint density at radius 1 is 1.06 bits per heavy atom. The highest BCUT2D eigenvalue weighted by atomic mass is 14.9. The zero-order chi connectivity index (χ0) is 13.1. The smallest absolute Gasteiger partial charge is 0.00923 e. The van der Waals surface area contributed by atoms with Gasteiger partial charge in [0.15, 0.2) is 0 Å². The highest BCUT2D eigenvalue weighted by Crippen LogP contribution is 2.27. The third kappa shape index (κ3) is 6.58. The number of hydrogen-bond donors (Lipinski definition) is 1. The Morgan fingerprint density at radius 2 is 1.72 bits per heavy atom. The van der Waals surface area contributed by atoms with Gasteiger partial charge in [-0.25, -0.2) is 0 Å². The van der Waals surface area contributed by atoms with Crippen LogP contribution in [-0.2, 0) is 0 Å². The van der Waals surface area contributed by atoms with E-state index in [9.17, 15) is 0 Å². The Bertz CT molecular complexity index is 192. The van der Waals surface area contributed by atoms with Gasteiger partial charge in [-0.05, 0) is 45.1 Å². The lowest BCUT2D eigenvalue weighted by Gasteiger charge is -2.28. The Balaban J connectivity index is 2.22. The number of hydrogen-bond acceptors (Lipinski definition) is 1. The second-order valence-corrected chi connectivity index (χ2v) is 5.93. The number of nitrogens with one attached hydrogen (secondary N) is 1. The molecule has 0 saturated heterocycles. The number of unbranched alkanes of at least 4 members (excludes halogenated alkanes) is 3. The third-order valence-electron chi connectivity index (χ3n) is 4.51. The van der Waals surface area contributed by atoms with Crippen LogP contribution in [0.25, 0.3) is 0 Å². The topological polar surface area (TPSA) is 12.0 Å². The van der Waals surface area contributed by atoms with Gasteiger partial charge in [0.1, 0.15) is 0 Å². The predicted octanol–water partition coefficient (Wildman–Crippen LogP) is 5.07. The molecule has 1 aliphatic rings. The summed E-state index contributed by atoms with van der Waals surface area (Å²) in [5.74, 6) is 0.940. The van der Waals surface area contributed by atoms with Gasteiger partial charge in [0, 0.05) is 6.04 Å². The van der Waals surface area contributed by atoms with Gasteiger partial charge >= 0.3 is 0 Å². The first-order chi connectivity index (χ1) is 8.88. The molecule has 0 aromatic heterocycles. The van der Waals surface area contributed by atoms with Crippen LogP contribution in [0.2, 0.25) is 0 Å². The summed E-state index contributed by atoms with van der Waals surface area (Å²) in [7, 11) is 2.16. The highest BCUT2D eigenvalue weighted by Gasteiger charge is 2.20. The molecule has 0 aromatic carbocycles. The monoisotopic (exact) mass is 251 g/mol. The molecule has 0 spiro atoms. The molecule has 1 unspecified atom stereocenters. The van der Waals surface area contributed by atoms with Gasteiger partial charge in [-0.3, -0.25) is 0 Å². The number of rotatable bonds is 8. The normalized spacial score (nSPS) is 20.1. The van der Waals surface area contributed by atoms with Gasteiger partial charge in [-0.1, -0.05) is 51.0 Å². The second kappa shape index (κ2) is 10.6. The summed E-state index contributed by atoms with van der Waals surface area (Å²) in [5, 5.41) is 3.59. The molecule has 0 amide bonds. The van der Waals surface area contributed by atoms with Crippen LogP contribution in [0.4, 0.5) is 0 Å². The van der Waals surface area contributed by atoms with Crippen LogP contribution in [0.3, 0.4) is 0 Å². The average Bonchev–Trinajstić information content (AvgIpc) is 2.35. The Morgan fingerprint density at radius 3 is 2.33 bits per heavy atom. The van der Waals surface area contributed by atoms with E-state index in [4.69, 9.17) is 0 Å². The molecular formula is C17H33N. The minimum Gasteiger partial charge on any atom is -0.317 e. The molecule has 0 bridgehead atoms. The van der Waals surface area contributed by atoms with Crippen LogP contribution < -0.4 is 5.32 Å². The summed E-state index contributed by atoms with van der Waals surface area (Å²) in [6, 6.07) is 0.770. The van der Waals surface area contributed by atoms with Crippen LogP contribution >= 0.6 is 0 Å². The predicted molar refractivity (Wildman–Crippen MR) is 81.9 cm³/mol. The summed E-state index contributed by atoms with van der Waals surface area (Å²) in [4.78, 5) is 0. The van der Waals surface area contributed by atoms with Crippen molar-refractivity contribution in [1.82, 2.24) is 5.32 Å². The quantitative estimate of drug-likeness (QED) is 0.469. The van der Waals surface area contributed by atoms with Crippen molar-refractivity contribution in [3.63, 3.8) is 0 Å². The maximum Gasteiger partial charge on any atom is 0.00923 e. The van der Waals surface area contributed by atoms with E-state index in [2.05, 4.69) is 18.9 Å². The lowest BCUT2D eigenvalue weighted by Crippen LogP contribution is -2.34. The molecule has 1 aliphatic carbocycles. The molecule has 18 heavy (non-hydrogen) atoms. The summed E-state index contributed by atoms with van der Waals surface area (Å²) in [5.41, 5.74) is 0. The van der Waals surface area contributed by atoms with Gasteiger partial charge < -0.3 is 5.32 Å². The zero-order valence-electron chi connectivity index (χ0n) is 12.4. The van der Waals surface area contributed by atoms with Crippen molar-refractivity contribution in [2.24, 2.45) is 5.92 Å². The summed E-state index contributed by atoms with van der Waals surface area (Å²) in [6.45, 7) is 3.79. The Kier molecular flexibility index (Phi) is 9.28. The standard InChI is InChI=1S/C17H33N/c1-3-4-5-7-12-15-17(18-2)16-13-10-8-6-9-11-14-16/h3,16-18H,1,4-15H2,2H3. The van der Waals surface area contributed by atoms with Gasteiger partial charge in [-0.15, -0.1) is 6.58 Å². The minimum absolute atomic E-state index is 0.770. The van der Waals surface area contributed by atoms with Crippen molar-refractivity contribution < 1.29 is 0 Å². The first-order valence-electron chi connectivity index (χ1n) is 8.16. The van der Waals surface area contributed by atoms with Crippen LogP contribution in [0, 0.1) is 5.92 Å². The molecule has 1 fully saturated rings. The van der Waals surface area contributed by atoms with E-state index in [0.29, 0.717) is 0 Å². The van der Waals surface area contributed by atoms with Gasteiger partial charge in [0.25, 0.3) is 0 Å². The fourth-order valence-electron chi connectivity index (χ4n) is 3.34. The minimum atomic E-state index is 0.770. The second-order valence-electron chi connectivity index (χ2n) is 5.93. The van der Waals surface area contributed by atoms with Crippen molar-refractivity contribution in [2.45, 2.75) is 83.1 Å². The molecule has 0 aliphatic heterocycles. The zero-order valence-corrected chi connectivity index (χ0v) is 12.4. The summed E-state index contributed by atoms with van der Waals surface area (Å²) >= 11 is 0. The molecule has 1 atom stereocenters. The molecule has 1 saturated carbocycles. The Hall–Kier alpha value is -0.300. The lowest BCUT2D eigenvalue weighted by atomic mass is 9.84. The van der Waals surface area contributed by atoms with Crippen molar-refractivity contribution in [2.75, 3.05) is 7.05 Å². The molecule has 0 aromatic rings. The largest absolute Gasteiger partial charge is 0.317 e. The van der Waals surface area contributed by atoms with E-state index in [0.717, 1.165) is 12.0 Å². The first-order valence-corrected chi connectivity index (χ1v) is 8.16. The number of allylic oxidation sites excluding steroid dienone is 1. The third-order valence-corrected chi connectivity index (χ3v) is 4.51. The van der Waals surface area contributed by atoms with Gasteiger partial charge in [0.05, 0.1) is 0 Å². The van der Waals surface area contributed by atoms with Crippen LogP contribution in [-0.4, -0.2) is 13.1 Å². The fourth-order valence-corrected chi connectivity index (χ4v) is 3.34. The fraction of sp³-hybridized carbons (Fsp3) is 0.882. The van der Waals surface area contributed by atoms with E-state index in [1.54, 1.807) is 0 Å². The maximum absolute atomic E-state index is 3.79. The van der Waals surface area contributed by atoms with E-state index >= 15 is 0 Å². The first kappa shape index (κ1) is 15.8. The van der Waals surface area contributed by atoms with Crippen LogP contribution in [0.5, 0.6) is 0 Å². The van der Waals surface area contributed by atoms with Gasteiger partial charge in [-0.2, -0.15) is 0 Å². The Labute approximate surface area is 114 Å². The molecule has 0 radical (unpaired) electrons. The van der Waals surface area contributed by atoms with Crippen molar-refractivity contribution >= 4 is 0 Å². The summed E-state index contributed by atoms with van der Waals surface area (Å²) < 4.78 is 0. The molecule has 106 valence electrons. The van der Waals surface area contributed by atoms with Crippen LogP contribution in [0.15, 0.2) is 12.7 Å². The van der Waals surface area contributed by atoms with E-state index in [1.807, 2.05) is 6.08 Å². The lowest BCUT2D eigenvalue weighted by molar-refractivity contribution is 0.279. The molecule has 1 nitrogen and oxygen atoms in total. The van der Waals surface area contributed by atoms with Crippen molar-refractivity contribution in [1.29, 1.82) is 0 Å². The van der Waals surface area contributed by atoms with E-state index < -0.39 is 0 Å². The summed E-state index contributed by atoms with van der Waals surface area (Å²) in [6.07, 6.45) is 18.9. The molecule has 1 heteroatoms. The van der Waals surface area contributed by atoms with Crippen molar-refractivity contribution in [3.05, 3.63) is 12.7 Å². The highest BCUT2D eigenvalue weighted by molar-refractivity contribution is 4.77. The molecule has 1 N–H and O–H groups in total. The van der Waals surface area contributed by atoms with Crippen LogP contribution in [0.1, 0.15) is 77.0 Å². The molecule has 1 rings (SSSR count). The molecule has 0 heterocycles. The average molecular weight is 251 g/mol. The van der Waals surface area contributed by atoms with Crippen molar-refractivity contribution in [3.8, 4) is 0 Å². The van der Waals surface area contributed by atoms with E-state index in [-0.39, 0.29) is 0 Å².